The van der Waals surface area contributed by atoms with Crippen molar-refractivity contribution in [2.45, 2.75) is 91.9 Å². The molecule has 0 unspecified atom stereocenters. The van der Waals surface area contributed by atoms with E-state index in [9.17, 15) is 0 Å². The number of halogens is 1. The molecular formula is C58H55Br. The zero-order chi connectivity index (χ0) is 41.6. The van der Waals surface area contributed by atoms with Gasteiger partial charge in [-0.05, 0) is 178 Å². The summed E-state index contributed by atoms with van der Waals surface area (Å²) in [7, 11) is 0. The first kappa shape index (κ1) is 39.2. The molecule has 0 atom stereocenters. The van der Waals surface area contributed by atoms with Crippen molar-refractivity contribution in [1.29, 1.82) is 0 Å². The van der Waals surface area contributed by atoms with Crippen molar-refractivity contribution in [3.63, 3.8) is 0 Å². The van der Waals surface area contributed by atoms with Gasteiger partial charge in [0.05, 0.1) is 0 Å². The summed E-state index contributed by atoms with van der Waals surface area (Å²) in [5, 5.41) is 8.23. The molecule has 0 saturated heterocycles. The monoisotopic (exact) mass is 830 g/mol. The molecular weight excluding hydrogens is 777 g/mol. The van der Waals surface area contributed by atoms with E-state index in [-0.39, 0.29) is 16.2 Å². The Labute approximate surface area is 360 Å². The Hall–Kier alpha value is -5.24. The molecule has 0 amide bonds. The topological polar surface area (TPSA) is 0 Å². The van der Waals surface area contributed by atoms with Gasteiger partial charge in [0.25, 0.3) is 0 Å². The Bertz CT molecular complexity index is 3010. The van der Waals surface area contributed by atoms with Crippen LogP contribution >= 0.6 is 15.9 Å². The minimum absolute atomic E-state index is 0.00836. The van der Waals surface area contributed by atoms with Gasteiger partial charge in [-0.3, -0.25) is 0 Å². The van der Waals surface area contributed by atoms with Crippen LogP contribution in [-0.4, -0.2) is 0 Å². The average molecular weight is 832 g/mol. The Morgan fingerprint density at radius 2 is 1.00 bits per heavy atom. The lowest BCUT2D eigenvalue weighted by molar-refractivity contribution is 0.593. The first-order chi connectivity index (χ1) is 28.0. The van der Waals surface area contributed by atoms with Gasteiger partial charge < -0.3 is 0 Å². The quantitative estimate of drug-likeness (QED) is 0.152. The Morgan fingerprint density at radius 1 is 0.458 bits per heavy atom. The van der Waals surface area contributed by atoms with Crippen LogP contribution < -0.4 is 0 Å². The molecule has 0 spiro atoms. The molecule has 0 aromatic heterocycles. The lowest BCUT2D eigenvalue weighted by Gasteiger charge is -2.31. The fourth-order valence-electron chi connectivity index (χ4n) is 10.2. The van der Waals surface area contributed by atoms with Crippen LogP contribution in [0.5, 0.6) is 0 Å². The maximum atomic E-state index is 3.51. The Kier molecular flexibility index (Phi) is 9.44. The van der Waals surface area contributed by atoms with E-state index in [2.05, 4.69) is 225 Å². The molecule has 2 aliphatic rings. The van der Waals surface area contributed by atoms with Crippen molar-refractivity contribution in [1.82, 2.24) is 0 Å². The van der Waals surface area contributed by atoms with Gasteiger partial charge in [-0.15, -0.1) is 0 Å². The van der Waals surface area contributed by atoms with Crippen LogP contribution in [0.1, 0.15) is 103 Å². The van der Waals surface area contributed by atoms with E-state index in [1.54, 1.807) is 0 Å². The molecule has 8 aromatic rings. The second-order valence-electron chi connectivity index (χ2n) is 19.6. The van der Waals surface area contributed by atoms with Gasteiger partial charge in [-0.2, -0.15) is 0 Å². The van der Waals surface area contributed by atoms with Crippen molar-refractivity contribution < 1.29 is 0 Å². The molecule has 294 valence electrons. The Morgan fingerprint density at radius 3 is 1.73 bits per heavy atom. The zero-order valence-corrected chi connectivity index (χ0v) is 38.0. The molecule has 59 heavy (non-hydrogen) atoms. The van der Waals surface area contributed by atoms with Crippen molar-refractivity contribution in [2.75, 3.05) is 0 Å². The molecule has 0 bridgehead atoms. The summed E-state index contributed by atoms with van der Waals surface area (Å²) in [6.07, 6.45) is 1.07. The molecule has 10 rings (SSSR count). The van der Waals surface area contributed by atoms with Gasteiger partial charge in [-0.1, -0.05) is 174 Å². The van der Waals surface area contributed by atoms with Crippen molar-refractivity contribution in [3.05, 3.63) is 183 Å². The second kappa shape index (κ2) is 14.2. The third-order valence-corrected chi connectivity index (χ3v) is 13.7. The van der Waals surface area contributed by atoms with Gasteiger partial charge in [0.2, 0.25) is 0 Å². The lowest BCUT2D eigenvalue weighted by Crippen LogP contribution is -2.18. The highest BCUT2D eigenvalue weighted by Crippen LogP contribution is 2.50. The SMILES string of the molecule is CC1(C)c2ccccc2-c2ccc(-c3ccc(Br)cc3)cc21.CC1=C(C)c2cc3c(C(C)(C)C)c4cc(-c5ccc6ccccc6c5)ccc4c(C(C)(C)C)c3cc2C1. The standard InChI is InChI=1S/C37H38.C21H17Br/c1-22-17-28-20-32-33(21-30(28)23(22)2)35(37(6,7)8)31-19-27(15-16-29(31)34(32)36(3,4)5)26-14-13-24-11-9-10-12-25(24)18-26;1-21(2)19-6-4-3-5-17(19)18-12-9-15(13-20(18)21)14-7-10-16(22)11-8-14/h9-16,18-21H,17H2,1-8H3;3-13H,1-2H3. The molecule has 0 heterocycles. The minimum atomic E-state index is 0.00836. The normalized spacial score (nSPS) is 14.4. The van der Waals surface area contributed by atoms with Gasteiger partial charge in [0.1, 0.15) is 0 Å². The van der Waals surface area contributed by atoms with E-state index >= 15 is 0 Å². The number of hydrogen-bond donors (Lipinski definition) is 0. The van der Waals surface area contributed by atoms with Gasteiger partial charge >= 0.3 is 0 Å². The van der Waals surface area contributed by atoms with Crippen LogP contribution in [0.15, 0.2) is 150 Å². The van der Waals surface area contributed by atoms with Gasteiger partial charge in [0, 0.05) is 9.89 Å². The van der Waals surface area contributed by atoms with Crippen LogP contribution in [0.3, 0.4) is 0 Å². The fourth-order valence-corrected chi connectivity index (χ4v) is 10.4. The molecule has 8 aromatic carbocycles. The summed E-state index contributed by atoms with van der Waals surface area (Å²) in [5.74, 6) is 0. The number of hydrogen-bond acceptors (Lipinski definition) is 0. The van der Waals surface area contributed by atoms with Crippen LogP contribution in [0, 0.1) is 0 Å². The predicted molar refractivity (Wildman–Crippen MR) is 261 cm³/mol. The fraction of sp³-hybridized carbons (Fsp3) is 0.241. The van der Waals surface area contributed by atoms with E-state index in [1.165, 1.54) is 110 Å². The highest BCUT2D eigenvalue weighted by molar-refractivity contribution is 9.10. The summed E-state index contributed by atoms with van der Waals surface area (Å²) >= 11 is 3.51. The second-order valence-corrected chi connectivity index (χ2v) is 20.6. The molecule has 1 heteroatoms. The van der Waals surface area contributed by atoms with E-state index in [1.807, 2.05) is 0 Å². The van der Waals surface area contributed by atoms with E-state index in [0.717, 1.165) is 10.9 Å². The number of benzene rings is 8. The lowest BCUT2D eigenvalue weighted by atomic mass is 9.73. The maximum Gasteiger partial charge on any atom is 0.0175 e. The van der Waals surface area contributed by atoms with Crippen LogP contribution in [0.2, 0.25) is 0 Å². The van der Waals surface area contributed by atoms with Crippen LogP contribution in [-0.2, 0) is 22.7 Å². The van der Waals surface area contributed by atoms with E-state index in [0.29, 0.717) is 0 Å². The highest BCUT2D eigenvalue weighted by atomic mass is 79.9. The number of fused-ring (bicyclic) bond motifs is 7. The molecule has 0 radical (unpaired) electrons. The summed E-state index contributed by atoms with van der Waals surface area (Å²) in [6, 6.07) is 51.9. The predicted octanol–water partition coefficient (Wildman–Crippen LogP) is 17.2. The summed E-state index contributed by atoms with van der Waals surface area (Å²) in [4.78, 5) is 0. The van der Waals surface area contributed by atoms with Gasteiger partial charge in [0.15, 0.2) is 0 Å². The molecule has 2 aliphatic carbocycles. The largest absolute Gasteiger partial charge is 0.0654 e. The summed E-state index contributed by atoms with van der Waals surface area (Å²) < 4.78 is 1.12. The van der Waals surface area contributed by atoms with E-state index < -0.39 is 0 Å². The number of rotatable bonds is 2. The number of allylic oxidation sites excluding steroid dienone is 2. The van der Waals surface area contributed by atoms with E-state index in [4.69, 9.17) is 0 Å². The smallest absolute Gasteiger partial charge is 0.0175 e. The first-order valence-corrected chi connectivity index (χ1v) is 22.0. The molecule has 0 fully saturated rings. The van der Waals surface area contributed by atoms with Gasteiger partial charge in [-0.25, -0.2) is 0 Å². The summed E-state index contributed by atoms with van der Waals surface area (Å²) in [5.41, 5.74) is 19.7. The highest BCUT2D eigenvalue weighted by Gasteiger charge is 2.35. The zero-order valence-electron chi connectivity index (χ0n) is 36.4. The maximum absolute atomic E-state index is 3.51. The minimum Gasteiger partial charge on any atom is -0.0654 e. The molecule has 0 saturated carbocycles. The van der Waals surface area contributed by atoms with Crippen molar-refractivity contribution in [3.8, 4) is 33.4 Å². The third kappa shape index (κ3) is 6.76. The average Bonchev–Trinajstić information content (AvgIpc) is 3.61. The molecule has 0 aliphatic heterocycles. The molecule has 0 N–H and O–H groups in total. The van der Waals surface area contributed by atoms with Crippen LogP contribution in [0.25, 0.3) is 71.3 Å². The first-order valence-electron chi connectivity index (χ1n) is 21.2. The third-order valence-electron chi connectivity index (χ3n) is 13.2. The van der Waals surface area contributed by atoms with Crippen LogP contribution in [0.4, 0.5) is 0 Å². The summed E-state index contributed by atoms with van der Waals surface area (Å²) in [6.45, 7) is 23.5. The Balaban J connectivity index is 0.000000173. The molecule has 0 nitrogen and oxygen atoms in total. The van der Waals surface area contributed by atoms with Crippen molar-refractivity contribution >= 4 is 53.8 Å². The van der Waals surface area contributed by atoms with Crippen molar-refractivity contribution in [2.24, 2.45) is 0 Å².